The van der Waals surface area contributed by atoms with Crippen LogP contribution in [0.15, 0.2) is 36.9 Å². The Hall–Kier alpha value is -2.37. The van der Waals surface area contributed by atoms with Gasteiger partial charge in [0.05, 0.1) is 0 Å². The van der Waals surface area contributed by atoms with E-state index in [0.717, 1.165) is 0 Å². The van der Waals surface area contributed by atoms with Crippen molar-refractivity contribution in [2.75, 3.05) is 0 Å². The summed E-state index contributed by atoms with van der Waals surface area (Å²) in [6.07, 6.45) is 6.67. The van der Waals surface area contributed by atoms with Crippen LogP contribution < -0.4 is 5.73 Å². The SMILES string of the molecule is CC(Cc1ncccn1)(C(N)=O)c1ncccn1. The summed E-state index contributed by atoms with van der Waals surface area (Å²) >= 11 is 0. The van der Waals surface area contributed by atoms with Crippen LogP contribution in [-0.4, -0.2) is 25.8 Å². The Morgan fingerprint density at radius 3 is 2.11 bits per heavy atom. The molecular formula is C12H13N5O. The van der Waals surface area contributed by atoms with Crippen molar-refractivity contribution < 1.29 is 4.79 Å². The van der Waals surface area contributed by atoms with Crippen LogP contribution in [0.5, 0.6) is 0 Å². The Morgan fingerprint density at radius 2 is 1.61 bits per heavy atom. The maximum atomic E-state index is 11.7. The quantitative estimate of drug-likeness (QED) is 0.830. The fourth-order valence-electron chi connectivity index (χ4n) is 1.60. The third kappa shape index (κ3) is 2.32. The number of primary amides is 1. The van der Waals surface area contributed by atoms with Gasteiger partial charge in [-0.1, -0.05) is 0 Å². The van der Waals surface area contributed by atoms with Crippen molar-refractivity contribution in [3.63, 3.8) is 0 Å². The molecule has 0 bridgehead atoms. The molecule has 1 amide bonds. The molecule has 2 aromatic rings. The van der Waals surface area contributed by atoms with Gasteiger partial charge in [-0.3, -0.25) is 4.79 Å². The van der Waals surface area contributed by atoms with E-state index >= 15 is 0 Å². The molecule has 92 valence electrons. The number of carbonyl (C=O) groups excluding carboxylic acids is 1. The number of nitrogens with zero attached hydrogens (tertiary/aromatic N) is 4. The maximum Gasteiger partial charge on any atom is 0.231 e. The van der Waals surface area contributed by atoms with E-state index in [-0.39, 0.29) is 6.42 Å². The Kier molecular flexibility index (Phi) is 3.27. The van der Waals surface area contributed by atoms with Crippen LogP contribution in [0, 0.1) is 0 Å². The molecule has 0 saturated heterocycles. The van der Waals surface area contributed by atoms with Gasteiger partial charge in [0, 0.05) is 31.2 Å². The van der Waals surface area contributed by atoms with Crippen LogP contribution in [0.4, 0.5) is 0 Å². The molecule has 0 aliphatic rings. The Labute approximate surface area is 104 Å². The molecule has 0 fully saturated rings. The Morgan fingerprint density at radius 1 is 1.11 bits per heavy atom. The predicted molar refractivity (Wildman–Crippen MR) is 64.3 cm³/mol. The zero-order valence-electron chi connectivity index (χ0n) is 9.95. The molecule has 2 heterocycles. The molecule has 0 aromatic carbocycles. The summed E-state index contributed by atoms with van der Waals surface area (Å²) in [5.74, 6) is 0.414. The van der Waals surface area contributed by atoms with Gasteiger partial charge >= 0.3 is 0 Å². The lowest BCUT2D eigenvalue weighted by molar-refractivity contribution is -0.123. The van der Waals surface area contributed by atoms with Gasteiger partial charge < -0.3 is 5.73 Å². The second-order valence-electron chi connectivity index (χ2n) is 4.11. The van der Waals surface area contributed by atoms with Crippen LogP contribution in [0.2, 0.25) is 0 Å². The van der Waals surface area contributed by atoms with Crippen LogP contribution in [0.3, 0.4) is 0 Å². The molecule has 18 heavy (non-hydrogen) atoms. The van der Waals surface area contributed by atoms with E-state index in [1.807, 2.05) is 0 Å². The number of hydrogen-bond donors (Lipinski definition) is 1. The number of carbonyl (C=O) groups is 1. The second-order valence-corrected chi connectivity index (χ2v) is 4.11. The standard InChI is InChI=1S/C12H13N5O/c1-12(10(13)18,11-16-6-3-7-17-11)8-9-14-4-2-5-15-9/h2-7H,8H2,1H3,(H2,13,18). The molecule has 0 spiro atoms. The molecule has 0 aliphatic carbocycles. The van der Waals surface area contributed by atoms with Gasteiger partial charge in [-0.15, -0.1) is 0 Å². The lowest BCUT2D eigenvalue weighted by Crippen LogP contribution is -2.42. The highest BCUT2D eigenvalue weighted by Crippen LogP contribution is 2.23. The van der Waals surface area contributed by atoms with Crippen LogP contribution in [-0.2, 0) is 16.6 Å². The molecule has 0 aliphatic heterocycles. The summed E-state index contributed by atoms with van der Waals surface area (Å²) < 4.78 is 0. The van der Waals surface area contributed by atoms with Crippen molar-refractivity contribution in [3.05, 3.63) is 48.6 Å². The van der Waals surface area contributed by atoms with E-state index in [4.69, 9.17) is 5.73 Å². The number of nitrogens with two attached hydrogens (primary N) is 1. The molecule has 2 rings (SSSR count). The minimum Gasteiger partial charge on any atom is -0.369 e. The molecule has 2 N–H and O–H groups in total. The highest BCUT2D eigenvalue weighted by Gasteiger charge is 2.37. The third-order valence-electron chi connectivity index (χ3n) is 2.73. The van der Waals surface area contributed by atoms with Crippen LogP contribution >= 0.6 is 0 Å². The third-order valence-corrected chi connectivity index (χ3v) is 2.73. The van der Waals surface area contributed by atoms with Crippen molar-refractivity contribution in [1.29, 1.82) is 0 Å². The topological polar surface area (TPSA) is 94.7 Å². The van der Waals surface area contributed by atoms with Gasteiger partial charge in [-0.2, -0.15) is 0 Å². The molecule has 6 heteroatoms. The van der Waals surface area contributed by atoms with Gasteiger partial charge in [0.2, 0.25) is 5.91 Å². The Bertz CT molecular complexity index is 531. The lowest BCUT2D eigenvalue weighted by atomic mass is 9.84. The second kappa shape index (κ2) is 4.87. The maximum absolute atomic E-state index is 11.7. The van der Waals surface area contributed by atoms with E-state index < -0.39 is 11.3 Å². The average molecular weight is 243 g/mol. The number of hydrogen-bond acceptors (Lipinski definition) is 5. The minimum absolute atomic E-state index is 0.271. The molecule has 2 aromatic heterocycles. The highest BCUT2D eigenvalue weighted by atomic mass is 16.1. The van der Waals surface area contributed by atoms with E-state index in [1.54, 1.807) is 43.8 Å². The smallest absolute Gasteiger partial charge is 0.231 e. The fourth-order valence-corrected chi connectivity index (χ4v) is 1.60. The summed E-state index contributed by atoms with van der Waals surface area (Å²) in [4.78, 5) is 28.1. The zero-order chi connectivity index (χ0) is 13.0. The fraction of sp³-hybridized carbons (Fsp3) is 0.250. The summed E-state index contributed by atoms with van der Waals surface area (Å²) in [6, 6.07) is 3.40. The van der Waals surface area contributed by atoms with Crippen LogP contribution in [0.1, 0.15) is 18.6 Å². The number of rotatable bonds is 4. The Balaban J connectivity index is 2.37. The van der Waals surface area contributed by atoms with Gasteiger partial charge in [-0.25, -0.2) is 19.9 Å². The van der Waals surface area contributed by atoms with Crippen LogP contribution in [0.25, 0.3) is 0 Å². The van der Waals surface area contributed by atoms with Crippen molar-refractivity contribution in [1.82, 2.24) is 19.9 Å². The minimum atomic E-state index is -1.01. The molecule has 0 saturated carbocycles. The molecule has 1 unspecified atom stereocenters. The van der Waals surface area contributed by atoms with Crippen molar-refractivity contribution in [3.8, 4) is 0 Å². The first-order chi connectivity index (χ1) is 8.63. The largest absolute Gasteiger partial charge is 0.369 e. The summed E-state index contributed by atoms with van der Waals surface area (Å²) in [6.45, 7) is 1.70. The summed E-state index contributed by atoms with van der Waals surface area (Å²) in [7, 11) is 0. The summed E-state index contributed by atoms with van der Waals surface area (Å²) in [5.41, 5.74) is 4.47. The van der Waals surface area contributed by atoms with Gasteiger partial charge in [-0.05, 0) is 19.1 Å². The molecular weight excluding hydrogens is 230 g/mol. The first kappa shape index (κ1) is 12.1. The normalized spacial score (nSPS) is 13.8. The van der Waals surface area contributed by atoms with Gasteiger partial charge in [0.1, 0.15) is 17.1 Å². The van der Waals surface area contributed by atoms with Crippen molar-refractivity contribution >= 4 is 5.91 Å². The number of amides is 1. The average Bonchev–Trinajstić information content (AvgIpc) is 2.40. The number of aromatic nitrogens is 4. The van der Waals surface area contributed by atoms with Gasteiger partial charge in [0.25, 0.3) is 0 Å². The predicted octanol–water partition coefficient (Wildman–Crippen LogP) is 0.252. The first-order valence-corrected chi connectivity index (χ1v) is 5.46. The van der Waals surface area contributed by atoms with E-state index in [2.05, 4.69) is 19.9 Å². The zero-order valence-corrected chi connectivity index (χ0v) is 9.95. The van der Waals surface area contributed by atoms with Crippen molar-refractivity contribution in [2.24, 2.45) is 5.73 Å². The lowest BCUT2D eigenvalue weighted by Gasteiger charge is -2.23. The monoisotopic (exact) mass is 243 g/mol. The highest BCUT2D eigenvalue weighted by molar-refractivity contribution is 5.85. The van der Waals surface area contributed by atoms with Crippen molar-refractivity contribution in [2.45, 2.75) is 18.8 Å². The first-order valence-electron chi connectivity index (χ1n) is 5.46. The molecule has 0 radical (unpaired) electrons. The van der Waals surface area contributed by atoms with Gasteiger partial charge in [0.15, 0.2) is 0 Å². The van der Waals surface area contributed by atoms with E-state index in [1.165, 1.54) is 0 Å². The van der Waals surface area contributed by atoms with E-state index in [0.29, 0.717) is 11.6 Å². The molecule has 1 atom stereocenters. The molecule has 6 nitrogen and oxygen atoms in total. The van der Waals surface area contributed by atoms with E-state index in [9.17, 15) is 4.79 Å². The summed E-state index contributed by atoms with van der Waals surface area (Å²) in [5, 5.41) is 0.